The number of nitrogens with one attached hydrogen (secondary N) is 1. The van der Waals surface area contributed by atoms with E-state index in [2.05, 4.69) is 80.8 Å². The molecule has 0 aromatic heterocycles. The molecule has 6 nitrogen and oxygen atoms in total. The first-order valence-corrected chi connectivity index (χ1v) is 27.5. The highest BCUT2D eigenvalue weighted by Gasteiger charge is 2.24. The first-order valence-electron chi connectivity index (χ1n) is 27.5. The molecular weight excluding hydrogens is 815 g/mol. The molecule has 3 atom stereocenters. The van der Waals surface area contributed by atoms with Crippen molar-refractivity contribution in [2.75, 3.05) is 6.61 Å². The molecule has 3 unspecified atom stereocenters. The van der Waals surface area contributed by atoms with Crippen molar-refractivity contribution < 1.29 is 24.5 Å². The molecule has 0 fully saturated rings. The number of rotatable bonds is 48. The summed E-state index contributed by atoms with van der Waals surface area (Å²) < 4.78 is 5.91. The molecule has 0 aromatic rings. The third-order valence-corrected chi connectivity index (χ3v) is 12.0. The van der Waals surface area contributed by atoms with Crippen LogP contribution in [0.1, 0.15) is 245 Å². The van der Waals surface area contributed by atoms with E-state index in [9.17, 15) is 19.8 Å². The second-order valence-corrected chi connectivity index (χ2v) is 18.4. The monoisotopic (exact) mass is 918 g/mol. The van der Waals surface area contributed by atoms with Gasteiger partial charge in [0.25, 0.3) is 0 Å². The van der Waals surface area contributed by atoms with Crippen LogP contribution in [0, 0.1) is 0 Å². The van der Waals surface area contributed by atoms with Gasteiger partial charge in [-0.2, -0.15) is 0 Å². The summed E-state index contributed by atoms with van der Waals surface area (Å²) in [5, 5.41) is 23.8. The Kier molecular flexibility index (Phi) is 50.2. The van der Waals surface area contributed by atoms with Crippen molar-refractivity contribution in [3.8, 4) is 0 Å². The number of ether oxygens (including phenoxy) is 1. The van der Waals surface area contributed by atoms with E-state index in [1.807, 2.05) is 42.5 Å². The Hall–Kier alpha value is -3.22. The molecule has 0 aliphatic heterocycles. The van der Waals surface area contributed by atoms with Gasteiger partial charge in [0.1, 0.15) is 6.10 Å². The summed E-state index contributed by atoms with van der Waals surface area (Å²) in [6, 6.07) is -0.730. The Morgan fingerprint density at radius 2 is 0.879 bits per heavy atom. The molecule has 0 radical (unpaired) electrons. The fourth-order valence-electron chi connectivity index (χ4n) is 7.87. The lowest BCUT2D eigenvalue weighted by atomic mass is 10.0. The molecule has 6 heteroatoms. The molecule has 0 heterocycles. The molecule has 0 saturated heterocycles. The zero-order chi connectivity index (χ0) is 48.1. The quantitative estimate of drug-likeness (QED) is 0.0245. The molecule has 3 N–H and O–H groups in total. The molecule has 0 aromatic carbocycles. The fraction of sp³-hybridized carbons (Fsp3) is 0.700. The van der Waals surface area contributed by atoms with E-state index >= 15 is 0 Å². The van der Waals surface area contributed by atoms with Crippen LogP contribution in [0.5, 0.6) is 0 Å². The Morgan fingerprint density at radius 1 is 0.470 bits per heavy atom. The lowest BCUT2D eigenvalue weighted by Crippen LogP contribution is -2.46. The van der Waals surface area contributed by atoms with E-state index in [0.717, 1.165) is 83.5 Å². The minimum Gasteiger partial charge on any atom is -0.462 e. The summed E-state index contributed by atoms with van der Waals surface area (Å²) in [4.78, 5) is 26.2. The highest BCUT2D eigenvalue weighted by molar-refractivity contribution is 5.77. The second kappa shape index (κ2) is 52.7. The van der Waals surface area contributed by atoms with E-state index in [-0.39, 0.29) is 24.9 Å². The van der Waals surface area contributed by atoms with Crippen LogP contribution in [0.15, 0.2) is 97.2 Å². The van der Waals surface area contributed by atoms with Gasteiger partial charge in [0, 0.05) is 6.42 Å². The topological polar surface area (TPSA) is 95.9 Å². The van der Waals surface area contributed by atoms with Crippen molar-refractivity contribution in [2.24, 2.45) is 0 Å². The molecule has 0 aliphatic rings. The maximum absolute atomic E-state index is 13.2. The van der Waals surface area contributed by atoms with Crippen LogP contribution in [-0.4, -0.2) is 46.9 Å². The summed E-state index contributed by atoms with van der Waals surface area (Å²) in [5.41, 5.74) is 0. The molecule has 378 valence electrons. The number of amides is 1. The Bertz CT molecular complexity index is 1310. The average molecular weight is 918 g/mol. The van der Waals surface area contributed by atoms with Gasteiger partial charge < -0.3 is 20.3 Å². The molecule has 66 heavy (non-hydrogen) atoms. The second-order valence-electron chi connectivity index (χ2n) is 18.4. The zero-order valence-corrected chi connectivity index (χ0v) is 43.0. The van der Waals surface area contributed by atoms with E-state index in [4.69, 9.17) is 4.74 Å². The highest BCUT2D eigenvalue weighted by Crippen LogP contribution is 2.17. The minimum atomic E-state index is -0.812. The third kappa shape index (κ3) is 47.3. The molecule has 0 aliphatic carbocycles. The molecular formula is C60H103NO5. The maximum atomic E-state index is 13.2. The van der Waals surface area contributed by atoms with Crippen LogP contribution in [0.2, 0.25) is 0 Å². The number of aliphatic hydroxyl groups excluding tert-OH is 2. The summed E-state index contributed by atoms with van der Waals surface area (Å²) in [7, 11) is 0. The smallest absolute Gasteiger partial charge is 0.306 e. The first-order chi connectivity index (χ1) is 32.5. The predicted octanol–water partition coefficient (Wildman–Crippen LogP) is 16.9. The van der Waals surface area contributed by atoms with E-state index in [1.54, 1.807) is 0 Å². The van der Waals surface area contributed by atoms with Gasteiger partial charge in [0.15, 0.2) is 0 Å². The molecule has 0 bridgehead atoms. The largest absolute Gasteiger partial charge is 0.462 e. The number of hydrogen-bond donors (Lipinski definition) is 3. The number of esters is 1. The van der Waals surface area contributed by atoms with Gasteiger partial charge in [-0.3, -0.25) is 9.59 Å². The number of aliphatic hydroxyl groups is 2. The number of hydrogen-bond acceptors (Lipinski definition) is 5. The van der Waals surface area contributed by atoms with Crippen molar-refractivity contribution >= 4 is 11.9 Å². The number of carbonyl (C=O) groups excluding carboxylic acids is 2. The molecule has 0 saturated carbocycles. The van der Waals surface area contributed by atoms with E-state index in [1.165, 1.54) is 116 Å². The number of carbonyl (C=O) groups is 2. The van der Waals surface area contributed by atoms with Gasteiger partial charge in [-0.25, -0.2) is 0 Å². The van der Waals surface area contributed by atoms with E-state index < -0.39 is 18.2 Å². The van der Waals surface area contributed by atoms with Crippen molar-refractivity contribution in [1.29, 1.82) is 0 Å². The Balaban J connectivity index is 4.68. The van der Waals surface area contributed by atoms with Crippen molar-refractivity contribution in [1.82, 2.24) is 5.32 Å². The summed E-state index contributed by atoms with van der Waals surface area (Å²) >= 11 is 0. The van der Waals surface area contributed by atoms with Crippen molar-refractivity contribution in [2.45, 2.75) is 264 Å². The molecule has 0 rings (SSSR count). The van der Waals surface area contributed by atoms with Crippen LogP contribution >= 0.6 is 0 Å². The predicted molar refractivity (Wildman–Crippen MR) is 287 cm³/mol. The fourth-order valence-corrected chi connectivity index (χ4v) is 7.87. The standard InChI is InChI=1S/C60H103NO5/c1-4-7-10-13-16-19-22-25-28-29-32-34-37-40-43-46-49-52-58(63)57(55-62)61-59(64)54-56(51-48-45-42-39-36-33-30-26-23-20-17-14-11-8-5-2)66-60(65)53-50-47-44-41-38-35-31-27-24-21-18-15-12-9-6-3/h9,12,15,17-18,20-21,24,26-27,30-31,35-36,38-39,56-58,62-63H,4-8,10-11,13-14,16,19,22-23,25,28-29,32-34,37,40-55H2,1-3H3,(H,61,64)/b12-9+,18-15+,20-17-,24-21-,30-26-,31-27-,38-35+,39-36-. The number of unbranched alkanes of at least 4 members (excludes halogenated alkanes) is 24. The van der Waals surface area contributed by atoms with Gasteiger partial charge >= 0.3 is 5.97 Å². The van der Waals surface area contributed by atoms with Gasteiger partial charge in [-0.05, 0) is 83.5 Å². The van der Waals surface area contributed by atoms with E-state index in [0.29, 0.717) is 19.3 Å². The van der Waals surface area contributed by atoms with Crippen LogP contribution in [0.4, 0.5) is 0 Å². The summed E-state index contributed by atoms with van der Waals surface area (Å²) in [5.74, 6) is -0.565. The zero-order valence-electron chi connectivity index (χ0n) is 43.0. The summed E-state index contributed by atoms with van der Waals surface area (Å²) in [6.45, 7) is 6.30. The Labute approximate surface area is 407 Å². The van der Waals surface area contributed by atoms with Gasteiger partial charge in [-0.15, -0.1) is 0 Å². The lowest BCUT2D eigenvalue weighted by molar-refractivity contribution is -0.151. The lowest BCUT2D eigenvalue weighted by Gasteiger charge is -2.24. The van der Waals surface area contributed by atoms with Gasteiger partial charge in [0.05, 0.1) is 25.2 Å². The SMILES string of the molecule is CC/C=C/C=C/C=C\C=C/C=C/CCCCCC(=O)OC(CCCC/C=C\C/C=C\C/C=C\CCCCC)CC(=O)NC(CO)C(O)CCCCCCCCCCCCCCCCCCC. The van der Waals surface area contributed by atoms with Crippen molar-refractivity contribution in [3.63, 3.8) is 0 Å². The van der Waals surface area contributed by atoms with Crippen LogP contribution in [0.25, 0.3) is 0 Å². The number of allylic oxidation sites excluding steroid dienone is 16. The third-order valence-electron chi connectivity index (χ3n) is 12.0. The summed E-state index contributed by atoms with van der Waals surface area (Å²) in [6.07, 6.45) is 70.4. The van der Waals surface area contributed by atoms with Crippen LogP contribution < -0.4 is 5.32 Å². The highest BCUT2D eigenvalue weighted by atomic mass is 16.5. The molecule has 1 amide bonds. The maximum Gasteiger partial charge on any atom is 0.306 e. The Morgan fingerprint density at radius 3 is 1.41 bits per heavy atom. The van der Waals surface area contributed by atoms with Crippen LogP contribution in [0.3, 0.4) is 0 Å². The average Bonchev–Trinajstić information content (AvgIpc) is 3.31. The van der Waals surface area contributed by atoms with Gasteiger partial charge in [-0.1, -0.05) is 246 Å². The normalized spacial score (nSPS) is 14.0. The van der Waals surface area contributed by atoms with Gasteiger partial charge in [0.2, 0.25) is 5.91 Å². The van der Waals surface area contributed by atoms with Crippen molar-refractivity contribution in [3.05, 3.63) is 97.2 Å². The molecule has 0 spiro atoms. The minimum absolute atomic E-state index is 0.0292. The van der Waals surface area contributed by atoms with Crippen LogP contribution in [-0.2, 0) is 14.3 Å². The first kappa shape index (κ1) is 62.8.